The normalized spacial score (nSPS) is 28.1. The lowest BCUT2D eigenvalue weighted by Crippen LogP contribution is -2.39. The standard InChI is InChI=1S/C14H27NO/c1-14(2)7-3-13(4-8-14)15-11-12-5-9-16-10-6-12/h12-13,15H,3-11H2,1-2H3. The highest BCUT2D eigenvalue weighted by atomic mass is 16.5. The van der Waals surface area contributed by atoms with Gasteiger partial charge in [0.15, 0.2) is 0 Å². The van der Waals surface area contributed by atoms with E-state index in [9.17, 15) is 0 Å². The van der Waals surface area contributed by atoms with Crippen molar-refractivity contribution >= 4 is 0 Å². The van der Waals surface area contributed by atoms with Crippen LogP contribution in [0.5, 0.6) is 0 Å². The molecule has 0 aromatic carbocycles. The second kappa shape index (κ2) is 5.50. The summed E-state index contributed by atoms with van der Waals surface area (Å²) in [5.74, 6) is 0.865. The Bertz CT molecular complexity index is 199. The summed E-state index contributed by atoms with van der Waals surface area (Å²) in [6.45, 7) is 7.98. The zero-order valence-corrected chi connectivity index (χ0v) is 10.9. The Labute approximate surface area is 100 Å². The summed E-state index contributed by atoms with van der Waals surface area (Å²) in [7, 11) is 0. The van der Waals surface area contributed by atoms with Crippen molar-refractivity contribution in [1.82, 2.24) is 5.32 Å². The SMILES string of the molecule is CC1(C)CCC(NCC2CCOCC2)CC1. The number of hydrogen-bond donors (Lipinski definition) is 1. The number of nitrogens with one attached hydrogen (secondary N) is 1. The van der Waals surface area contributed by atoms with E-state index < -0.39 is 0 Å². The fraction of sp³-hybridized carbons (Fsp3) is 1.00. The predicted octanol–water partition coefficient (Wildman–Crippen LogP) is 2.97. The van der Waals surface area contributed by atoms with Crippen molar-refractivity contribution in [3.8, 4) is 0 Å². The maximum absolute atomic E-state index is 5.39. The molecule has 1 N–H and O–H groups in total. The van der Waals surface area contributed by atoms with Gasteiger partial charge in [0.05, 0.1) is 0 Å². The molecular formula is C14H27NO. The van der Waals surface area contributed by atoms with Crippen molar-refractivity contribution in [3.05, 3.63) is 0 Å². The Morgan fingerprint density at radius 3 is 2.31 bits per heavy atom. The molecule has 16 heavy (non-hydrogen) atoms. The number of hydrogen-bond acceptors (Lipinski definition) is 2. The van der Waals surface area contributed by atoms with Gasteiger partial charge in [0, 0.05) is 19.3 Å². The lowest BCUT2D eigenvalue weighted by molar-refractivity contribution is 0.0642. The van der Waals surface area contributed by atoms with Gasteiger partial charge in [-0.2, -0.15) is 0 Å². The molecule has 2 heteroatoms. The van der Waals surface area contributed by atoms with Gasteiger partial charge in [0.1, 0.15) is 0 Å². The maximum Gasteiger partial charge on any atom is 0.0469 e. The van der Waals surface area contributed by atoms with Crippen LogP contribution in [0.2, 0.25) is 0 Å². The molecule has 1 aliphatic carbocycles. The first-order valence-electron chi connectivity index (χ1n) is 6.97. The van der Waals surface area contributed by atoms with Gasteiger partial charge in [0.25, 0.3) is 0 Å². The van der Waals surface area contributed by atoms with Crippen LogP contribution < -0.4 is 5.32 Å². The van der Waals surface area contributed by atoms with Gasteiger partial charge in [-0.05, 0) is 56.4 Å². The minimum absolute atomic E-state index is 0.594. The van der Waals surface area contributed by atoms with Crippen LogP contribution in [0.3, 0.4) is 0 Å². The van der Waals surface area contributed by atoms with Crippen LogP contribution >= 0.6 is 0 Å². The monoisotopic (exact) mass is 225 g/mol. The average Bonchev–Trinajstić information content (AvgIpc) is 2.29. The highest BCUT2D eigenvalue weighted by molar-refractivity contribution is 4.82. The van der Waals surface area contributed by atoms with Crippen LogP contribution in [0, 0.1) is 11.3 Å². The molecule has 0 aromatic heterocycles. The molecule has 0 radical (unpaired) electrons. The van der Waals surface area contributed by atoms with Crippen molar-refractivity contribution in [1.29, 1.82) is 0 Å². The van der Waals surface area contributed by atoms with Crippen LogP contribution in [0.1, 0.15) is 52.4 Å². The van der Waals surface area contributed by atoms with Gasteiger partial charge >= 0.3 is 0 Å². The van der Waals surface area contributed by atoms with E-state index in [4.69, 9.17) is 4.74 Å². The van der Waals surface area contributed by atoms with Gasteiger partial charge in [-0.25, -0.2) is 0 Å². The molecule has 0 atom stereocenters. The first kappa shape index (κ1) is 12.4. The molecule has 0 aromatic rings. The van der Waals surface area contributed by atoms with E-state index in [1.54, 1.807) is 0 Å². The third kappa shape index (κ3) is 3.74. The first-order chi connectivity index (χ1) is 7.66. The Hall–Kier alpha value is -0.0800. The minimum Gasteiger partial charge on any atom is -0.381 e. The summed E-state index contributed by atoms with van der Waals surface area (Å²) in [6, 6.07) is 0.788. The summed E-state index contributed by atoms with van der Waals surface area (Å²) in [5, 5.41) is 3.77. The van der Waals surface area contributed by atoms with E-state index >= 15 is 0 Å². The van der Waals surface area contributed by atoms with E-state index in [-0.39, 0.29) is 0 Å². The van der Waals surface area contributed by atoms with Crippen LogP contribution in [0.25, 0.3) is 0 Å². The molecule has 2 nitrogen and oxygen atoms in total. The molecule has 1 saturated carbocycles. The van der Waals surface area contributed by atoms with Crippen molar-refractivity contribution in [2.45, 2.75) is 58.4 Å². The van der Waals surface area contributed by atoms with E-state index in [0.717, 1.165) is 25.2 Å². The average molecular weight is 225 g/mol. The topological polar surface area (TPSA) is 21.3 Å². The van der Waals surface area contributed by atoms with Gasteiger partial charge in [0.2, 0.25) is 0 Å². The Kier molecular flexibility index (Phi) is 4.26. The van der Waals surface area contributed by atoms with Crippen molar-refractivity contribution < 1.29 is 4.74 Å². The van der Waals surface area contributed by atoms with Crippen molar-refractivity contribution in [2.24, 2.45) is 11.3 Å². The maximum atomic E-state index is 5.39. The summed E-state index contributed by atoms with van der Waals surface area (Å²) in [6.07, 6.45) is 8.03. The molecule has 2 fully saturated rings. The Morgan fingerprint density at radius 2 is 1.69 bits per heavy atom. The molecule has 2 aliphatic rings. The fourth-order valence-corrected chi connectivity index (χ4v) is 2.89. The number of rotatable bonds is 3. The molecule has 2 rings (SSSR count). The van der Waals surface area contributed by atoms with Gasteiger partial charge in [-0.3, -0.25) is 0 Å². The molecule has 1 aliphatic heterocycles. The number of ether oxygens (including phenoxy) is 1. The molecule has 1 saturated heterocycles. The van der Waals surface area contributed by atoms with E-state index in [1.165, 1.54) is 45.1 Å². The summed E-state index contributed by atoms with van der Waals surface area (Å²) < 4.78 is 5.39. The second-order valence-electron chi connectivity index (χ2n) is 6.40. The Morgan fingerprint density at radius 1 is 1.06 bits per heavy atom. The van der Waals surface area contributed by atoms with E-state index in [0.29, 0.717) is 5.41 Å². The lowest BCUT2D eigenvalue weighted by atomic mass is 9.75. The van der Waals surface area contributed by atoms with Crippen LogP contribution in [-0.4, -0.2) is 25.8 Å². The molecular weight excluding hydrogens is 198 g/mol. The largest absolute Gasteiger partial charge is 0.381 e. The smallest absolute Gasteiger partial charge is 0.0469 e. The zero-order chi connectivity index (χ0) is 11.4. The predicted molar refractivity (Wildman–Crippen MR) is 67.6 cm³/mol. The summed E-state index contributed by atoms with van der Waals surface area (Å²) >= 11 is 0. The summed E-state index contributed by atoms with van der Waals surface area (Å²) in [5.41, 5.74) is 0.594. The highest BCUT2D eigenvalue weighted by Gasteiger charge is 2.26. The molecule has 0 unspecified atom stereocenters. The first-order valence-corrected chi connectivity index (χ1v) is 6.97. The third-order valence-corrected chi connectivity index (χ3v) is 4.38. The summed E-state index contributed by atoms with van der Waals surface area (Å²) in [4.78, 5) is 0. The lowest BCUT2D eigenvalue weighted by Gasteiger charge is -2.35. The van der Waals surface area contributed by atoms with Gasteiger partial charge in [-0.1, -0.05) is 13.8 Å². The van der Waals surface area contributed by atoms with Crippen LogP contribution in [0.4, 0.5) is 0 Å². The minimum atomic E-state index is 0.594. The zero-order valence-electron chi connectivity index (χ0n) is 10.9. The van der Waals surface area contributed by atoms with E-state index in [1.807, 2.05) is 0 Å². The van der Waals surface area contributed by atoms with Crippen molar-refractivity contribution in [3.63, 3.8) is 0 Å². The fourth-order valence-electron chi connectivity index (χ4n) is 2.89. The van der Waals surface area contributed by atoms with Gasteiger partial charge < -0.3 is 10.1 Å². The van der Waals surface area contributed by atoms with Crippen LogP contribution in [0.15, 0.2) is 0 Å². The molecule has 0 spiro atoms. The molecule has 0 amide bonds. The molecule has 94 valence electrons. The Balaban J connectivity index is 1.63. The highest BCUT2D eigenvalue weighted by Crippen LogP contribution is 2.35. The van der Waals surface area contributed by atoms with Gasteiger partial charge in [-0.15, -0.1) is 0 Å². The second-order valence-corrected chi connectivity index (χ2v) is 6.40. The van der Waals surface area contributed by atoms with Crippen LogP contribution in [-0.2, 0) is 4.74 Å². The molecule has 1 heterocycles. The van der Waals surface area contributed by atoms with E-state index in [2.05, 4.69) is 19.2 Å². The van der Waals surface area contributed by atoms with Crippen molar-refractivity contribution in [2.75, 3.05) is 19.8 Å². The quantitative estimate of drug-likeness (QED) is 0.797. The molecule has 0 bridgehead atoms. The third-order valence-electron chi connectivity index (χ3n) is 4.38.